The summed E-state index contributed by atoms with van der Waals surface area (Å²) in [5.74, 6) is 0.877. The molecular formula is C36H49BO7. The van der Waals surface area contributed by atoms with E-state index in [0.717, 1.165) is 22.8 Å². The van der Waals surface area contributed by atoms with Crippen LogP contribution >= 0.6 is 0 Å². The van der Waals surface area contributed by atoms with Gasteiger partial charge in [0.15, 0.2) is 0 Å². The van der Waals surface area contributed by atoms with E-state index in [1.807, 2.05) is 24.3 Å². The topological polar surface area (TPSA) is 102 Å². The lowest BCUT2D eigenvalue weighted by Gasteiger charge is -2.29. The zero-order chi connectivity index (χ0) is 31.9. The maximum atomic E-state index is 12.1. The highest BCUT2D eigenvalue weighted by Crippen LogP contribution is 2.38. The largest absolute Gasteiger partial charge is 0.489 e. The predicted molar refractivity (Wildman–Crippen MR) is 174 cm³/mol. The number of carbonyl (C=O) groups is 2. The van der Waals surface area contributed by atoms with Gasteiger partial charge in [-0.15, -0.1) is 0 Å². The maximum Gasteiger partial charge on any atom is 0.456 e. The summed E-state index contributed by atoms with van der Waals surface area (Å²) >= 11 is 0. The van der Waals surface area contributed by atoms with Gasteiger partial charge in [-0.2, -0.15) is 0 Å². The molecule has 0 aliphatic heterocycles. The molecule has 0 bridgehead atoms. The van der Waals surface area contributed by atoms with Crippen LogP contribution in [-0.2, 0) is 25.7 Å². The highest BCUT2D eigenvalue weighted by molar-refractivity contribution is 6.43. The molecule has 1 aliphatic rings. The van der Waals surface area contributed by atoms with Crippen molar-refractivity contribution in [1.82, 2.24) is 0 Å². The number of esters is 2. The van der Waals surface area contributed by atoms with Crippen molar-refractivity contribution < 1.29 is 33.8 Å². The van der Waals surface area contributed by atoms with E-state index in [-0.39, 0.29) is 31.0 Å². The highest BCUT2D eigenvalue weighted by Gasteiger charge is 2.22. The van der Waals surface area contributed by atoms with E-state index in [1.165, 1.54) is 56.9 Å². The van der Waals surface area contributed by atoms with Crippen molar-refractivity contribution in [1.29, 1.82) is 0 Å². The van der Waals surface area contributed by atoms with E-state index >= 15 is 0 Å². The molecule has 2 aromatic rings. The van der Waals surface area contributed by atoms with Gasteiger partial charge in [-0.1, -0.05) is 82.2 Å². The molecule has 0 radical (unpaired) electrons. The van der Waals surface area contributed by atoms with Crippen LogP contribution in [-0.4, -0.2) is 42.3 Å². The van der Waals surface area contributed by atoms with Crippen molar-refractivity contribution >= 4 is 19.1 Å². The molecule has 0 heterocycles. The van der Waals surface area contributed by atoms with E-state index in [4.69, 9.17) is 24.3 Å². The van der Waals surface area contributed by atoms with Crippen molar-refractivity contribution in [2.75, 3.05) is 13.2 Å². The number of hydrogen-bond donors (Lipinski definition) is 2. The first-order chi connectivity index (χ1) is 21.2. The summed E-state index contributed by atoms with van der Waals surface area (Å²) in [5, 5.41) is 18.1. The van der Waals surface area contributed by atoms with Crippen LogP contribution in [0.2, 0.25) is 6.32 Å². The third kappa shape index (κ3) is 12.0. The lowest BCUT2D eigenvalue weighted by molar-refractivity contribution is -0.141. The zero-order valence-electron chi connectivity index (χ0n) is 26.5. The van der Waals surface area contributed by atoms with Gasteiger partial charge in [0, 0.05) is 23.4 Å². The van der Waals surface area contributed by atoms with Crippen molar-refractivity contribution in [3.8, 4) is 5.75 Å². The molecule has 8 heteroatoms. The summed E-state index contributed by atoms with van der Waals surface area (Å²) in [4.78, 5) is 24.1. The molecule has 1 fully saturated rings. The quantitative estimate of drug-likeness (QED) is 0.0798. The molecule has 0 aromatic heterocycles. The molecule has 238 valence electrons. The molecule has 0 saturated heterocycles. The number of benzene rings is 2. The van der Waals surface area contributed by atoms with Gasteiger partial charge in [-0.3, -0.25) is 0 Å². The van der Waals surface area contributed by atoms with Crippen LogP contribution in [0.5, 0.6) is 5.75 Å². The molecule has 1 aliphatic carbocycles. The highest BCUT2D eigenvalue weighted by atomic mass is 16.5. The number of unbranched alkanes of at least 4 members (excludes halogenated alkanes) is 2. The zero-order valence-corrected chi connectivity index (χ0v) is 26.5. The van der Waals surface area contributed by atoms with Gasteiger partial charge >= 0.3 is 19.1 Å². The van der Waals surface area contributed by atoms with Crippen molar-refractivity contribution in [2.45, 2.75) is 96.4 Å². The Morgan fingerprint density at radius 1 is 0.932 bits per heavy atom. The number of rotatable bonds is 18. The molecule has 2 N–H and O–H groups in total. The van der Waals surface area contributed by atoms with Gasteiger partial charge in [-0.25, -0.2) is 9.59 Å². The molecule has 7 nitrogen and oxygen atoms in total. The number of ether oxygens (including phenoxy) is 3. The minimum Gasteiger partial charge on any atom is -0.489 e. The number of carbonyl (C=O) groups excluding carboxylic acids is 2. The fraction of sp³-hybridized carbons (Fsp3) is 0.500. The van der Waals surface area contributed by atoms with Gasteiger partial charge in [0.05, 0.1) is 13.2 Å². The maximum absolute atomic E-state index is 12.1. The van der Waals surface area contributed by atoms with E-state index in [2.05, 4.69) is 44.3 Å². The lowest BCUT2D eigenvalue weighted by Crippen LogP contribution is -2.19. The first-order valence-corrected chi connectivity index (χ1v) is 16.0. The lowest BCUT2D eigenvalue weighted by atomic mass is 9.77. The molecule has 1 unspecified atom stereocenters. The van der Waals surface area contributed by atoms with E-state index in [0.29, 0.717) is 24.5 Å². The molecule has 0 spiro atoms. The van der Waals surface area contributed by atoms with Crippen LogP contribution in [0.15, 0.2) is 72.8 Å². The van der Waals surface area contributed by atoms with Gasteiger partial charge in [0.25, 0.3) is 0 Å². The average Bonchev–Trinajstić information content (AvgIpc) is 3.02. The standard InChI is InChI=1S/C36H49BO7/c1-5-6-7-8-28-9-13-30(14-10-28)31-15-11-29(12-16-31)24-43-34-19-17-32(18-20-34)33(25-44-35(38)26(2)3)21-22-42-36(39)27(4)23-37(40)41/h11-12,15-20,28,30,33,40-41H,2,4-10,13-14,21-25H2,1,3H3. The molecule has 44 heavy (non-hydrogen) atoms. The van der Waals surface area contributed by atoms with E-state index in [9.17, 15) is 9.59 Å². The van der Waals surface area contributed by atoms with Crippen molar-refractivity contribution in [3.05, 3.63) is 89.5 Å². The van der Waals surface area contributed by atoms with Gasteiger partial charge in [0.1, 0.15) is 12.4 Å². The summed E-state index contributed by atoms with van der Waals surface area (Å²) in [6, 6.07) is 16.4. The third-order valence-electron chi connectivity index (χ3n) is 8.45. The number of hydrogen-bond acceptors (Lipinski definition) is 7. The van der Waals surface area contributed by atoms with Crippen LogP contribution in [0.1, 0.15) is 100 Å². The Morgan fingerprint density at radius 2 is 1.61 bits per heavy atom. The molecular weight excluding hydrogens is 555 g/mol. The second-order valence-electron chi connectivity index (χ2n) is 12.1. The SMILES string of the molecule is C=C(C)C(=O)OCC(CCOC(=O)C(=C)CB(O)O)c1ccc(OCc2ccc(C3CCC(CCCCC)CC3)cc2)cc1. The Labute approximate surface area is 263 Å². The van der Waals surface area contributed by atoms with Gasteiger partial charge in [0.2, 0.25) is 0 Å². The Balaban J connectivity index is 1.51. The van der Waals surface area contributed by atoms with Gasteiger partial charge < -0.3 is 24.3 Å². The summed E-state index contributed by atoms with van der Waals surface area (Å²) < 4.78 is 16.7. The molecule has 2 aromatic carbocycles. The Morgan fingerprint density at radius 3 is 2.23 bits per heavy atom. The smallest absolute Gasteiger partial charge is 0.456 e. The first kappa shape index (κ1) is 35.1. The Kier molecular flexibility index (Phi) is 14.7. The first-order valence-electron chi connectivity index (χ1n) is 16.0. The predicted octanol–water partition coefficient (Wildman–Crippen LogP) is 7.28. The second-order valence-corrected chi connectivity index (χ2v) is 12.1. The van der Waals surface area contributed by atoms with Gasteiger partial charge in [-0.05, 0) is 79.7 Å². The summed E-state index contributed by atoms with van der Waals surface area (Å²) in [6.45, 7) is 11.6. The molecule has 1 saturated carbocycles. The fourth-order valence-corrected chi connectivity index (χ4v) is 5.70. The van der Waals surface area contributed by atoms with Crippen molar-refractivity contribution in [3.63, 3.8) is 0 Å². The summed E-state index contributed by atoms with van der Waals surface area (Å²) in [7, 11) is -1.67. The van der Waals surface area contributed by atoms with E-state index < -0.39 is 19.1 Å². The van der Waals surface area contributed by atoms with Crippen LogP contribution in [0, 0.1) is 5.92 Å². The second kappa shape index (κ2) is 18.5. The average molecular weight is 605 g/mol. The van der Waals surface area contributed by atoms with Crippen LogP contribution in [0.25, 0.3) is 0 Å². The third-order valence-corrected chi connectivity index (χ3v) is 8.45. The summed E-state index contributed by atoms with van der Waals surface area (Å²) in [5.41, 5.74) is 3.73. The van der Waals surface area contributed by atoms with E-state index in [1.54, 1.807) is 6.92 Å². The van der Waals surface area contributed by atoms with Crippen molar-refractivity contribution in [2.24, 2.45) is 5.92 Å². The normalized spacial score (nSPS) is 16.9. The molecule has 3 rings (SSSR count). The molecule has 0 amide bonds. The minimum atomic E-state index is -1.67. The van der Waals surface area contributed by atoms with Crippen LogP contribution in [0.4, 0.5) is 0 Å². The fourth-order valence-electron chi connectivity index (χ4n) is 5.70. The Bertz CT molecular complexity index is 1200. The van der Waals surface area contributed by atoms with Crippen LogP contribution < -0.4 is 4.74 Å². The molecule has 1 atom stereocenters. The Hall–Kier alpha value is -3.36. The monoisotopic (exact) mass is 604 g/mol. The van der Waals surface area contributed by atoms with Crippen LogP contribution in [0.3, 0.4) is 0 Å². The minimum absolute atomic E-state index is 0.0262. The summed E-state index contributed by atoms with van der Waals surface area (Å²) in [6.07, 6.45) is 10.8.